The Balaban J connectivity index is 0.000000738. The SMILES string of the molecule is COc1ccc2c(c1)N(CC(=O)N[C@H]1CCCN(C(=N)N)C1O)C(=O)[C@@H](NS(=O)(=O)Cc1ccccc1)CC2.O=C(O)C(F)(F)F. The first-order valence-electron chi connectivity index (χ1n) is 13.9. The fourth-order valence-electron chi connectivity index (χ4n) is 4.97. The highest BCUT2D eigenvalue weighted by atomic mass is 32.2. The first-order chi connectivity index (χ1) is 21.5. The van der Waals surface area contributed by atoms with Gasteiger partial charge in [0.1, 0.15) is 24.6 Å². The predicted octanol–water partition coefficient (Wildman–Crippen LogP) is 0.888. The zero-order valence-electron chi connectivity index (χ0n) is 24.7. The third-order valence-electron chi connectivity index (χ3n) is 7.16. The van der Waals surface area contributed by atoms with Crippen molar-refractivity contribution in [1.82, 2.24) is 14.9 Å². The number of carbonyl (C=O) groups is 3. The molecule has 2 aromatic rings. The number of anilines is 1. The maximum atomic E-state index is 13.7. The number of halogens is 3. The van der Waals surface area contributed by atoms with Crippen LogP contribution in [0.3, 0.4) is 0 Å². The van der Waals surface area contributed by atoms with Gasteiger partial charge in [-0.1, -0.05) is 36.4 Å². The standard InChI is InChI=1S/C26H34N6O6S.C2HF3O2/c1-38-19-11-9-18-10-12-21(30-39(36,37)16-17-6-3-2-4-7-17)25(35)32(22(18)14-19)15-23(33)29-20-8-5-13-31(24(20)34)26(27)28;3-2(4,5)1(6)7/h2-4,6-7,9,11,14,20-21,24,30,34H,5,8,10,12-13,15-16H2,1H3,(H3,27,28)(H,29,33);(H,6,7)/t20-,21-,24?;/m0./s1. The molecule has 7 N–H and O–H groups in total. The molecule has 3 atom stereocenters. The van der Waals surface area contributed by atoms with E-state index < -0.39 is 58.8 Å². The molecule has 18 heteroatoms. The highest BCUT2D eigenvalue weighted by Gasteiger charge is 2.38. The van der Waals surface area contributed by atoms with Gasteiger partial charge in [0.25, 0.3) is 0 Å². The van der Waals surface area contributed by atoms with E-state index in [-0.39, 0.29) is 18.1 Å². The molecule has 2 aliphatic heterocycles. The van der Waals surface area contributed by atoms with Gasteiger partial charge in [0, 0.05) is 12.6 Å². The third kappa shape index (κ3) is 9.79. The Morgan fingerprint density at radius 2 is 1.80 bits per heavy atom. The van der Waals surface area contributed by atoms with Crippen molar-refractivity contribution in [2.45, 2.75) is 55.9 Å². The van der Waals surface area contributed by atoms with E-state index in [1.165, 1.54) is 16.9 Å². The van der Waals surface area contributed by atoms with Crippen LogP contribution in [-0.4, -0.2) is 92.0 Å². The number of aliphatic hydroxyl groups excluding tert-OH is 1. The molecule has 1 saturated heterocycles. The van der Waals surface area contributed by atoms with E-state index in [0.717, 1.165) is 5.56 Å². The lowest BCUT2D eigenvalue weighted by atomic mass is 10.0. The van der Waals surface area contributed by atoms with Crippen LogP contribution < -0.4 is 25.4 Å². The number of likely N-dealkylation sites (tertiary alicyclic amines) is 1. The van der Waals surface area contributed by atoms with Crippen LogP contribution in [-0.2, 0) is 36.6 Å². The number of aryl methyl sites for hydroxylation is 1. The van der Waals surface area contributed by atoms with Crippen LogP contribution in [0.15, 0.2) is 48.5 Å². The van der Waals surface area contributed by atoms with Crippen molar-refractivity contribution in [3.8, 4) is 5.75 Å². The number of methoxy groups -OCH3 is 1. The average Bonchev–Trinajstić information content (AvgIpc) is 3.10. The highest BCUT2D eigenvalue weighted by Crippen LogP contribution is 2.31. The highest BCUT2D eigenvalue weighted by molar-refractivity contribution is 7.88. The molecule has 0 aromatic heterocycles. The normalized spacial score (nSPS) is 20.0. The summed E-state index contributed by atoms with van der Waals surface area (Å²) in [4.78, 5) is 38.4. The second-order valence-electron chi connectivity index (χ2n) is 10.5. The molecule has 0 saturated carbocycles. The molecule has 2 heterocycles. The van der Waals surface area contributed by atoms with Crippen molar-refractivity contribution in [3.05, 3.63) is 59.7 Å². The largest absolute Gasteiger partial charge is 0.497 e. The zero-order valence-corrected chi connectivity index (χ0v) is 25.5. The van der Waals surface area contributed by atoms with Crippen molar-refractivity contribution in [1.29, 1.82) is 5.41 Å². The van der Waals surface area contributed by atoms with Gasteiger partial charge in [0.2, 0.25) is 21.8 Å². The number of carboxylic acids is 1. The summed E-state index contributed by atoms with van der Waals surface area (Å²) in [5, 5.41) is 28.1. The number of sulfonamides is 1. The van der Waals surface area contributed by atoms with Gasteiger partial charge in [0.05, 0.1) is 24.6 Å². The number of ether oxygens (including phenoxy) is 1. The molecule has 1 unspecified atom stereocenters. The average molecular weight is 673 g/mol. The molecule has 0 spiro atoms. The number of guanidine groups is 1. The Labute approximate surface area is 262 Å². The molecule has 2 aromatic carbocycles. The number of hydrogen-bond acceptors (Lipinski definition) is 8. The molecule has 252 valence electrons. The molecule has 0 bridgehead atoms. The van der Waals surface area contributed by atoms with Gasteiger partial charge >= 0.3 is 12.1 Å². The molecule has 46 heavy (non-hydrogen) atoms. The van der Waals surface area contributed by atoms with Crippen LogP contribution in [0.25, 0.3) is 0 Å². The van der Waals surface area contributed by atoms with Crippen molar-refractivity contribution in [3.63, 3.8) is 0 Å². The number of nitrogens with one attached hydrogen (secondary N) is 3. The molecule has 0 radical (unpaired) electrons. The molecule has 2 aliphatic rings. The van der Waals surface area contributed by atoms with Crippen LogP contribution in [0.1, 0.15) is 30.4 Å². The Bertz CT molecular complexity index is 1530. The number of benzene rings is 2. The van der Waals surface area contributed by atoms with E-state index in [1.54, 1.807) is 48.5 Å². The minimum Gasteiger partial charge on any atom is -0.497 e. The van der Waals surface area contributed by atoms with Crippen molar-refractivity contribution in [2.24, 2.45) is 5.73 Å². The summed E-state index contributed by atoms with van der Waals surface area (Å²) < 4.78 is 65.6. The van der Waals surface area contributed by atoms with Crippen LogP contribution >= 0.6 is 0 Å². The molecular weight excluding hydrogens is 637 g/mol. The number of hydrogen-bond donors (Lipinski definition) is 6. The summed E-state index contributed by atoms with van der Waals surface area (Å²) in [5.74, 6) is -3.97. The number of nitrogens with zero attached hydrogens (tertiary/aromatic N) is 2. The van der Waals surface area contributed by atoms with E-state index in [0.29, 0.717) is 42.8 Å². The molecular formula is C28H35F3N6O8S. The maximum absolute atomic E-state index is 13.7. The lowest BCUT2D eigenvalue weighted by molar-refractivity contribution is -0.192. The van der Waals surface area contributed by atoms with E-state index in [1.807, 2.05) is 0 Å². The molecule has 2 amide bonds. The number of carbonyl (C=O) groups excluding carboxylic acids is 2. The summed E-state index contributed by atoms with van der Waals surface area (Å²) in [6.07, 6.45) is -4.58. The first kappa shape index (κ1) is 36.1. The zero-order chi connectivity index (χ0) is 34.2. The smallest absolute Gasteiger partial charge is 0.490 e. The lowest BCUT2D eigenvalue weighted by Gasteiger charge is -2.38. The van der Waals surface area contributed by atoms with Crippen LogP contribution in [0.4, 0.5) is 18.9 Å². The van der Waals surface area contributed by atoms with E-state index >= 15 is 0 Å². The molecule has 4 rings (SSSR count). The van der Waals surface area contributed by atoms with Gasteiger partial charge in [0.15, 0.2) is 5.96 Å². The maximum Gasteiger partial charge on any atom is 0.490 e. The summed E-state index contributed by atoms with van der Waals surface area (Å²) in [6.45, 7) is -0.00926. The second kappa shape index (κ2) is 15.2. The first-order valence-corrected chi connectivity index (χ1v) is 15.6. The van der Waals surface area contributed by atoms with Gasteiger partial charge in [-0.25, -0.2) is 17.9 Å². The van der Waals surface area contributed by atoms with Gasteiger partial charge in [-0.3, -0.25) is 15.0 Å². The number of amides is 2. The lowest BCUT2D eigenvalue weighted by Crippen LogP contribution is -2.59. The topological polar surface area (TPSA) is 215 Å². The minimum absolute atomic E-state index is 0.208. The van der Waals surface area contributed by atoms with Gasteiger partial charge in [-0.2, -0.15) is 13.2 Å². The van der Waals surface area contributed by atoms with E-state index in [4.69, 9.17) is 25.8 Å². The Kier molecular flexibility index (Phi) is 11.9. The number of aliphatic carboxylic acids is 1. The summed E-state index contributed by atoms with van der Waals surface area (Å²) in [5.41, 5.74) is 7.35. The van der Waals surface area contributed by atoms with Crippen LogP contribution in [0.2, 0.25) is 0 Å². The number of aliphatic hydroxyl groups is 1. The van der Waals surface area contributed by atoms with E-state index in [9.17, 15) is 36.3 Å². The minimum atomic E-state index is -5.08. The quantitative estimate of drug-likeness (QED) is 0.172. The molecule has 1 fully saturated rings. The summed E-state index contributed by atoms with van der Waals surface area (Å²) >= 11 is 0. The Hall–Kier alpha value is -4.42. The van der Waals surface area contributed by atoms with Crippen molar-refractivity contribution in [2.75, 3.05) is 25.1 Å². The number of nitrogens with two attached hydrogens (primary N) is 1. The number of alkyl halides is 3. The monoisotopic (exact) mass is 672 g/mol. The number of carboxylic acid groups (broad SMARTS) is 1. The molecule has 14 nitrogen and oxygen atoms in total. The fourth-order valence-corrected chi connectivity index (χ4v) is 6.34. The predicted molar refractivity (Wildman–Crippen MR) is 159 cm³/mol. The fraction of sp³-hybridized carbons (Fsp3) is 0.429. The number of fused-ring (bicyclic) bond motifs is 1. The second-order valence-corrected chi connectivity index (χ2v) is 12.2. The van der Waals surface area contributed by atoms with Gasteiger partial charge in [-0.15, -0.1) is 0 Å². The van der Waals surface area contributed by atoms with Gasteiger partial charge in [-0.05, 0) is 42.9 Å². The van der Waals surface area contributed by atoms with E-state index in [2.05, 4.69) is 10.0 Å². The van der Waals surface area contributed by atoms with Crippen LogP contribution in [0.5, 0.6) is 5.75 Å². The summed E-state index contributed by atoms with van der Waals surface area (Å²) in [7, 11) is -2.38. The third-order valence-corrected chi connectivity index (χ3v) is 8.52. The number of piperidine rings is 1. The summed E-state index contributed by atoms with van der Waals surface area (Å²) in [6, 6.07) is 12.1. The van der Waals surface area contributed by atoms with Crippen molar-refractivity contribution < 1.29 is 50.9 Å². The van der Waals surface area contributed by atoms with Gasteiger partial charge < -0.3 is 35.8 Å². The van der Waals surface area contributed by atoms with Crippen LogP contribution in [0, 0.1) is 5.41 Å². The molecule has 0 aliphatic carbocycles. The Morgan fingerprint density at radius 3 is 2.39 bits per heavy atom. The van der Waals surface area contributed by atoms with Crippen molar-refractivity contribution >= 4 is 39.5 Å². The Morgan fingerprint density at radius 1 is 1.15 bits per heavy atom. The number of rotatable bonds is 8.